The van der Waals surface area contributed by atoms with Gasteiger partial charge < -0.3 is 4.74 Å². The zero-order chi connectivity index (χ0) is 43.0. The van der Waals surface area contributed by atoms with Crippen LogP contribution in [0.2, 0.25) is 10.0 Å². The van der Waals surface area contributed by atoms with Gasteiger partial charge in [0.1, 0.15) is 6.61 Å². The fourth-order valence-electron chi connectivity index (χ4n) is 5.59. The molecule has 2 heterocycles. The summed E-state index contributed by atoms with van der Waals surface area (Å²) in [6, 6.07) is 29.3. The lowest BCUT2D eigenvalue weighted by atomic mass is 10.2. The lowest BCUT2D eigenvalue weighted by molar-refractivity contribution is -0.134. The summed E-state index contributed by atoms with van der Waals surface area (Å²) in [4.78, 5) is 76.0. The fourth-order valence-corrected chi connectivity index (χ4v) is 6.00. The molecule has 4 N–H and O–H groups in total. The molecule has 18 heteroatoms. The Morgan fingerprint density at radius 1 is 0.783 bits per heavy atom. The van der Waals surface area contributed by atoms with Crippen molar-refractivity contribution in [1.82, 2.24) is 35.8 Å². The molecule has 0 bridgehead atoms. The standard InChI is InChI=1S/C21H22ClN5O4.C21H21ClN4O3/c1-13-7-8-18-16(11-13)19(29)25-20(24-18)26-21(30)31-10-9-27(14(2)28)23-12-15-5-3-4-6-17(15)22;1-16(28)25(24-13-18-7-2-4-8-20(18)22)10-11-29-26(15-27)19-12-17-6-3-5-9-21(17)23-14-19/h3-8,11,23H,9-10,12H2,1-2H3,(H2,24,25,26,29,30);2-9,12,14-15,24H,10-11,13H2,1H3. The number of nitrogens with one attached hydrogen (secondary N) is 4. The Hall–Kier alpha value is -6.43. The molecule has 0 fully saturated rings. The number of aromatic amines is 1. The van der Waals surface area contributed by atoms with Crippen LogP contribution in [0.5, 0.6) is 0 Å². The van der Waals surface area contributed by atoms with Crippen molar-refractivity contribution in [2.75, 3.05) is 36.7 Å². The first-order valence-corrected chi connectivity index (χ1v) is 19.3. The highest BCUT2D eigenvalue weighted by molar-refractivity contribution is 6.31. The number of pyridine rings is 1. The Bertz CT molecular complexity index is 2500. The van der Waals surface area contributed by atoms with Gasteiger partial charge in [0.05, 0.1) is 48.0 Å². The first kappa shape index (κ1) is 44.7. The Morgan fingerprint density at radius 3 is 2.00 bits per heavy atom. The topological polar surface area (TPSA) is 191 Å². The molecule has 312 valence electrons. The average Bonchev–Trinajstić information content (AvgIpc) is 3.23. The Morgan fingerprint density at radius 2 is 1.38 bits per heavy atom. The van der Waals surface area contributed by atoms with Crippen LogP contribution >= 0.6 is 23.2 Å². The minimum absolute atomic E-state index is 0.0216. The van der Waals surface area contributed by atoms with Crippen LogP contribution in [0.1, 0.15) is 30.5 Å². The number of amides is 4. The van der Waals surface area contributed by atoms with E-state index in [1.165, 1.54) is 23.9 Å². The van der Waals surface area contributed by atoms with Crippen LogP contribution < -0.4 is 26.8 Å². The molecule has 0 saturated heterocycles. The average molecular weight is 857 g/mol. The number of halogens is 2. The van der Waals surface area contributed by atoms with E-state index in [-0.39, 0.29) is 49.6 Å². The van der Waals surface area contributed by atoms with E-state index in [1.54, 1.807) is 30.5 Å². The third-order valence-electron chi connectivity index (χ3n) is 8.70. The molecule has 0 spiro atoms. The number of para-hydroxylation sites is 1. The van der Waals surface area contributed by atoms with Crippen molar-refractivity contribution >= 4 is 81.0 Å². The highest BCUT2D eigenvalue weighted by Gasteiger charge is 2.14. The van der Waals surface area contributed by atoms with E-state index in [2.05, 4.69) is 31.1 Å². The molecule has 0 radical (unpaired) electrons. The van der Waals surface area contributed by atoms with Crippen LogP contribution in [0, 0.1) is 6.92 Å². The van der Waals surface area contributed by atoms with Gasteiger partial charge in [-0.15, -0.1) is 0 Å². The van der Waals surface area contributed by atoms with Crippen molar-refractivity contribution in [3.8, 4) is 0 Å². The molecule has 0 aliphatic carbocycles. The fraction of sp³-hybridized carbons (Fsp3) is 0.214. The van der Waals surface area contributed by atoms with Gasteiger partial charge in [0, 0.05) is 42.4 Å². The van der Waals surface area contributed by atoms with Crippen molar-refractivity contribution in [1.29, 1.82) is 0 Å². The van der Waals surface area contributed by atoms with E-state index >= 15 is 0 Å². The summed E-state index contributed by atoms with van der Waals surface area (Å²) in [6.45, 7) is 5.85. The number of hydrogen-bond donors (Lipinski definition) is 4. The van der Waals surface area contributed by atoms with Crippen LogP contribution in [0.25, 0.3) is 21.8 Å². The lowest BCUT2D eigenvalue weighted by Gasteiger charge is -2.24. The quantitative estimate of drug-likeness (QED) is 0.0629. The van der Waals surface area contributed by atoms with Crippen LogP contribution in [0.4, 0.5) is 16.4 Å². The predicted molar refractivity (Wildman–Crippen MR) is 230 cm³/mol. The van der Waals surface area contributed by atoms with Crippen LogP contribution in [0.15, 0.2) is 108 Å². The Kier molecular flexibility index (Phi) is 16.4. The number of ether oxygens (including phenoxy) is 1. The molecule has 2 aromatic heterocycles. The first-order valence-electron chi connectivity index (χ1n) is 18.6. The minimum Gasteiger partial charge on any atom is -0.447 e. The molecule has 4 aromatic carbocycles. The number of rotatable bonds is 16. The number of aryl methyl sites for hydroxylation is 1. The van der Waals surface area contributed by atoms with Crippen molar-refractivity contribution in [3.05, 3.63) is 140 Å². The first-order chi connectivity index (χ1) is 28.9. The predicted octanol–water partition coefficient (Wildman–Crippen LogP) is 6.32. The van der Waals surface area contributed by atoms with E-state index < -0.39 is 6.09 Å². The third-order valence-corrected chi connectivity index (χ3v) is 9.44. The maximum absolute atomic E-state index is 12.2. The number of hydrogen-bond acceptors (Lipinski definition) is 11. The normalized spacial score (nSPS) is 10.7. The highest BCUT2D eigenvalue weighted by atomic mass is 35.5. The van der Waals surface area contributed by atoms with Gasteiger partial charge in [0.25, 0.3) is 5.56 Å². The van der Waals surface area contributed by atoms with E-state index in [0.717, 1.165) is 32.7 Å². The smallest absolute Gasteiger partial charge is 0.414 e. The van der Waals surface area contributed by atoms with Crippen LogP contribution in [-0.4, -0.2) is 75.6 Å². The van der Waals surface area contributed by atoms with Gasteiger partial charge >= 0.3 is 6.09 Å². The molecule has 0 saturated carbocycles. The monoisotopic (exact) mass is 855 g/mol. The van der Waals surface area contributed by atoms with E-state index in [0.29, 0.717) is 46.1 Å². The number of nitrogens with zero attached hydrogens (tertiary/aromatic N) is 5. The number of carbonyl (C=O) groups is 4. The third kappa shape index (κ3) is 13.0. The largest absolute Gasteiger partial charge is 0.447 e. The number of H-pyrrole nitrogens is 1. The number of hydrazine groups is 2. The van der Waals surface area contributed by atoms with Crippen molar-refractivity contribution < 1.29 is 28.8 Å². The van der Waals surface area contributed by atoms with E-state index in [4.69, 9.17) is 32.8 Å². The maximum atomic E-state index is 12.2. The van der Waals surface area contributed by atoms with E-state index in [9.17, 15) is 24.0 Å². The SMILES string of the molecule is CC(=O)N(CCOC(=O)Nc1nc2ccc(C)cc2c(=O)[nH]1)NCc1ccccc1Cl.CC(=O)N(CCON(C=O)c1cnc2ccccc2c1)NCc1ccccc1Cl. The molecule has 6 aromatic rings. The van der Waals surface area contributed by atoms with Gasteiger partial charge in [-0.3, -0.25) is 49.3 Å². The number of aromatic nitrogens is 3. The lowest BCUT2D eigenvalue weighted by Crippen LogP contribution is -2.44. The maximum Gasteiger partial charge on any atom is 0.414 e. The second-order valence-corrected chi connectivity index (χ2v) is 13.9. The molecule has 0 aliphatic heterocycles. The number of benzene rings is 4. The van der Waals surface area contributed by atoms with Crippen LogP contribution in [0.3, 0.4) is 0 Å². The molecule has 0 aliphatic rings. The summed E-state index contributed by atoms with van der Waals surface area (Å²) in [7, 11) is 0. The summed E-state index contributed by atoms with van der Waals surface area (Å²) >= 11 is 12.3. The molecule has 0 atom stereocenters. The van der Waals surface area contributed by atoms with Crippen LogP contribution in [-0.2, 0) is 37.0 Å². The number of fused-ring (bicyclic) bond motifs is 2. The Labute approximate surface area is 355 Å². The molecular weight excluding hydrogens is 813 g/mol. The number of hydroxylamine groups is 1. The van der Waals surface area contributed by atoms with Gasteiger partial charge in [0.15, 0.2) is 0 Å². The summed E-state index contributed by atoms with van der Waals surface area (Å²) in [5.41, 5.74) is 10.1. The summed E-state index contributed by atoms with van der Waals surface area (Å²) in [5.74, 6) is -0.441. The molecule has 6 rings (SSSR count). The van der Waals surface area contributed by atoms with Gasteiger partial charge in [-0.2, -0.15) is 5.06 Å². The van der Waals surface area contributed by atoms with Gasteiger partial charge in [-0.25, -0.2) is 20.6 Å². The number of anilines is 2. The zero-order valence-electron chi connectivity index (χ0n) is 33.0. The van der Waals surface area contributed by atoms with Crippen molar-refractivity contribution in [3.63, 3.8) is 0 Å². The molecule has 16 nitrogen and oxygen atoms in total. The second kappa shape index (κ2) is 22.1. The zero-order valence-corrected chi connectivity index (χ0v) is 34.5. The molecule has 60 heavy (non-hydrogen) atoms. The molecule has 4 amide bonds. The Balaban J connectivity index is 0.000000228. The second-order valence-electron chi connectivity index (χ2n) is 13.0. The minimum atomic E-state index is -0.802. The molecule has 0 unspecified atom stereocenters. The van der Waals surface area contributed by atoms with Gasteiger partial charge in [-0.05, 0) is 54.4 Å². The van der Waals surface area contributed by atoms with Crippen molar-refractivity contribution in [2.45, 2.75) is 33.9 Å². The van der Waals surface area contributed by atoms with Gasteiger partial charge in [-0.1, -0.05) is 89.4 Å². The highest BCUT2D eigenvalue weighted by Crippen LogP contribution is 2.20. The summed E-state index contributed by atoms with van der Waals surface area (Å²) in [5, 5.41) is 8.77. The van der Waals surface area contributed by atoms with E-state index in [1.807, 2.05) is 79.7 Å². The van der Waals surface area contributed by atoms with Gasteiger partial charge in [0.2, 0.25) is 24.2 Å². The van der Waals surface area contributed by atoms with Crippen molar-refractivity contribution in [2.24, 2.45) is 0 Å². The summed E-state index contributed by atoms with van der Waals surface area (Å²) < 4.78 is 5.10. The molecular formula is C42H43Cl2N9O7. The number of carbonyl (C=O) groups excluding carboxylic acids is 4. The summed E-state index contributed by atoms with van der Waals surface area (Å²) in [6.07, 6.45) is 1.33.